The standard InChI is InChI=1S/C28H31N7O2/c1-3-13-34-27(37)23-14-29-28(30-21-8-10-22(11-9-21)33-15-18(16-33)17-36)32-26(23)35(34)24-12-7-20-6-5-19(4-2)25(20)31-24/h3,7-12,14,18-19,36H,1,4-6,13,15-17H2,2H3,(H,29,30,32). The SMILES string of the molecule is C=CCn1c(=O)c2cnc(Nc3ccc(N4CC(CO)C4)cc3)nc2n1-c1ccc2c(n1)C(CC)CC2. The van der Waals surface area contributed by atoms with E-state index in [0.29, 0.717) is 41.2 Å². The molecule has 0 amide bonds. The number of aromatic nitrogens is 5. The first kappa shape index (κ1) is 23.4. The smallest absolute Gasteiger partial charge is 0.278 e. The fourth-order valence-corrected chi connectivity index (χ4v) is 5.43. The van der Waals surface area contributed by atoms with E-state index in [-0.39, 0.29) is 12.2 Å². The molecule has 4 heterocycles. The minimum atomic E-state index is -0.170. The maximum atomic E-state index is 13.3. The van der Waals surface area contributed by atoms with E-state index in [4.69, 9.17) is 9.97 Å². The van der Waals surface area contributed by atoms with Gasteiger partial charge in [0.05, 0.1) is 6.54 Å². The summed E-state index contributed by atoms with van der Waals surface area (Å²) in [6.45, 7) is 8.35. The predicted molar refractivity (Wildman–Crippen MR) is 145 cm³/mol. The molecule has 190 valence electrons. The van der Waals surface area contributed by atoms with Crippen molar-refractivity contribution in [2.24, 2.45) is 5.92 Å². The van der Waals surface area contributed by atoms with Crippen molar-refractivity contribution >= 4 is 28.4 Å². The third-order valence-electron chi connectivity index (χ3n) is 7.54. The van der Waals surface area contributed by atoms with Gasteiger partial charge in [-0.3, -0.25) is 4.79 Å². The molecule has 9 nitrogen and oxygen atoms in total. The average molecular weight is 498 g/mol. The predicted octanol–water partition coefficient (Wildman–Crippen LogP) is 3.78. The summed E-state index contributed by atoms with van der Waals surface area (Å²) in [6, 6.07) is 12.2. The molecule has 1 fully saturated rings. The van der Waals surface area contributed by atoms with Crippen molar-refractivity contribution in [2.75, 3.05) is 29.9 Å². The molecule has 0 radical (unpaired) electrons. The zero-order valence-corrected chi connectivity index (χ0v) is 21.0. The molecule has 0 spiro atoms. The number of aryl methyl sites for hydroxylation is 1. The van der Waals surface area contributed by atoms with Crippen LogP contribution in [0.3, 0.4) is 0 Å². The highest BCUT2D eigenvalue weighted by atomic mass is 16.3. The van der Waals surface area contributed by atoms with Gasteiger partial charge in [0.15, 0.2) is 11.5 Å². The van der Waals surface area contributed by atoms with E-state index in [1.54, 1.807) is 21.6 Å². The third kappa shape index (κ3) is 4.09. The Morgan fingerprint density at radius 3 is 2.70 bits per heavy atom. The molecular formula is C28H31N7O2. The number of hydrogen-bond acceptors (Lipinski definition) is 7. The largest absolute Gasteiger partial charge is 0.396 e. The fraction of sp³-hybridized carbons (Fsp3) is 0.357. The van der Waals surface area contributed by atoms with Gasteiger partial charge in [0, 0.05) is 54.8 Å². The molecular weight excluding hydrogens is 466 g/mol. The van der Waals surface area contributed by atoms with E-state index in [2.05, 4.69) is 34.8 Å². The molecule has 4 aromatic rings. The Morgan fingerprint density at radius 1 is 1.16 bits per heavy atom. The molecule has 6 rings (SSSR count). The summed E-state index contributed by atoms with van der Waals surface area (Å²) in [5.41, 5.74) is 4.72. The molecule has 1 unspecified atom stereocenters. The summed E-state index contributed by atoms with van der Waals surface area (Å²) in [4.78, 5) is 29.7. The van der Waals surface area contributed by atoms with Crippen molar-refractivity contribution in [3.8, 4) is 5.82 Å². The van der Waals surface area contributed by atoms with Gasteiger partial charge in [0.2, 0.25) is 5.95 Å². The van der Waals surface area contributed by atoms with Crippen molar-refractivity contribution < 1.29 is 5.11 Å². The van der Waals surface area contributed by atoms with Gasteiger partial charge in [-0.1, -0.05) is 19.1 Å². The van der Waals surface area contributed by atoms with Gasteiger partial charge in [-0.05, 0) is 55.2 Å². The summed E-state index contributed by atoms with van der Waals surface area (Å²) >= 11 is 0. The van der Waals surface area contributed by atoms with Crippen LogP contribution in [-0.4, -0.2) is 49.1 Å². The zero-order chi connectivity index (χ0) is 25.5. The molecule has 0 saturated carbocycles. The second-order valence-electron chi connectivity index (χ2n) is 9.90. The summed E-state index contributed by atoms with van der Waals surface area (Å²) in [5.74, 6) is 1.88. The number of pyridine rings is 1. The Balaban J connectivity index is 1.35. The summed E-state index contributed by atoms with van der Waals surface area (Å²) in [5, 5.41) is 13.0. The Labute approximate surface area is 215 Å². The van der Waals surface area contributed by atoms with Crippen LogP contribution < -0.4 is 15.8 Å². The van der Waals surface area contributed by atoms with Gasteiger partial charge in [0.1, 0.15) is 5.39 Å². The lowest BCUT2D eigenvalue weighted by Gasteiger charge is -2.40. The number of hydrogen-bond donors (Lipinski definition) is 2. The van der Waals surface area contributed by atoms with Crippen molar-refractivity contribution in [1.29, 1.82) is 0 Å². The lowest BCUT2D eigenvalue weighted by Crippen LogP contribution is -2.48. The van der Waals surface area contributed by atoms with Crippen LogP contribution in [0.2, 0.25) is 0 Å². The number of fused-ring (bicyclic) bond motifs is 2. The summed E-state index contributed by atoms with van der Waals surface area (Å²) < 4.78 is 3.41. The van der Waals surface area contributed by atoms with E-state index < -0.39 is 0 Å². The molecule has 9 heteroatoms. The number of anilines is 3. The second-order valence-corrected chi connectivity index (χ2v) is 9.90. The van der Waals surface area contributed by atoms with Crippen molar-refractivity contribution in [3.63, 3.8) is 0 Å². The average Bonchev–Trinajstić information content (AvgIpc) is 3.42. The molecule has 1 saturated heterocycles. The number of aliphatic hydroxyl groups is 1. The van der Waals surface area contributed by atoms with E-state index in [1.165, 1.54) is 5.56 Å². The second kappa shape index (κ2) is 9.48. The van der Waals surface area contributed by atoms with Crippen LogP contribution in [0, 0.1) is 5.92 Å². The number of nitrogens with one attached hydrogen (secondary N) is 1. The van der Waals surface area contributed by atoms with Gasteiger partial charge in [-0.25, -0.2) is 19.3 Å². The first-order valence-electron chi connectivity index (χ1n) is 12.9. The number of benzene rings is 1. The highest BCUT2D eigenvalue weighted by Gasteiger charge is 2.26. The Hall–Kier alpha value is -3.98. The molecule has 3 aromatic heterocycles. The lowest BCUT2D eigenvalue weighted by molar-refractivity contribution is 0.201. The first-order chi connectivity index (χ1) is 18.1. The molecule has 2 aliphatic rings. The summed E-state index contributed by atoms with van der Waals surface area (Å²) in [7, 11) is 0. The lowest BCUT2D eigenvalue weighted by atomic mass is 10.0. The van der Waals surface area contributed by atoms with Crippen LogP contribution in [0.5, 0.6) is 0 Å². The van der Waals surface area contributed by atoms with Crippen molar-refractivity contribution in [1.82, 2.24) is 24.3 Å². The Morgan fingerprint density at radius 2 is 1.97 bits per heavy atom. The van der Waals surface area contributed by atoms with Crippen LogP contribution in [-0.2, 0) is 13.0 Å². The minimum absolute atomic E-state index is 0.170. The molecule has 37 heavy (non-hydrogen) atoms. The fourth-order valence-electron chi connectivity index (χ4n) is 5.43. The molecule has 1 aromatic carbocycles. The summed E-state index contributed by atoms with van der Waals surface area (Å²) in [6.07, 6.45) is 6.48. The third-order valence-corrected chi connectivity index (χ3v) is 7.54. The molecule has 2 N–H and O–H groups in total. The van der Waals surface area contributed by atoms with Gasteiger partial charge < -0.3 is 15.3 Å². The van der Waals surface area contributed by atoms with Crippen molar-refractivity contribution in [2.45, 2.75) is 38.6 Å². The van der Waals surface area contributed by atoms with Crippen LogP contribution in [0.4, 0.5) is 17.3 Å². The number of rotatable bonds is 8. The van der Waals surface area contributed by atoms with Gasteiger partial charge in [0.25, 0.3) is 5.56 Å². The number of nitrogens with zero attached hydrogens (tertiary/aromatic N) is 6. The van der Waals surface area contributed by atoms with Crippen LogP contribution >= 0.6 is 0 Å². The number of allylic oxidation sites excluding steroid dienone is 1. The maximum absolute atomic E-state index is 13.3. The van der Waals surface area contributed by atoms with E-state index in [9.17, 15) is 9.90 Å². The van der Waals surface area contributed by atoms with E-state index in [1.807, 2.05) is 30.3 Å². The zero-order valence-electron chi connectivity index (χ0n) is 21.0. The number of aliphatic hydroxyl groups excluding tert-OH is 1. The van der Waals surface area contributed by atoms with Gasteiger partial charge in [-0.15, -0.1) is 6.58 Å². The van der Waals surface area contributed by atoms with Crippen molar-refractivity contribution in [3.05, 3.63) is 76.9 Å². The highest BCUT2D eigenvalue weighted by molar-refractivity contribution is 5.77. The topological polar surface area (TPSA) is 101 Å². The van der Waals surface area contributed by atoms with E-state index >= 15 is 0 Å². The first-order valence-corrected chi connectivity index (χ1v) is 12.9. The van der Waals surface area contributed by atoms with Crippen LogP contribution in [0.1, 0.15) is 36.9 Å². The minimum Gasteiger partial charge on any atom is -0.396 e. The van der Waals surface area contributed by atoms with E-state index in [0.717, 1.165) is 49.4 Å². The Bertz CT molecular complexity index is 1520. The van der Waals surface area contributed by atoms with Crippen LogP contribution in [0.15, 0.2) is 60.0 Å². The molecule has 1 aliphatic heterocycles. The Kier molecular flexibility index (Phi) is 6.00. The molecule has 1 atom stereocenters. The molecule has 0 bridgehead atoms. The normalized spacial score (nSPS) is 17.1. The highest BCUT2D eigenvalue weighted by Crippen LogP contribution is 2.34. The van der Waals surface area contributed by atoms with Gasteiger partial charge in [-0.2, -0.15) is 4.98 Å². The molecule has 1 aliphatic carbocycles. The maximum Gasteiger partial charge on any atom is 0.278 e. The van der Waals surface area contributed by atoms with Gasteiger partial charge >= 0.3 is 0 Å². The quantitative estimate of drug-likeness (QED) is 0.357. The van der Waals surface area contributed by atoms with Crippen LogP contribution in [0.25, 0.3) is 16.9 Å². The monoisotopic (exact) mass is 497 g/mol.